The summed E-state index contributed by atoms with van der Waals surface area (Å²) < 4.78 is 23.8. The maximum absolute atomic E-state index is 11.9. The second-order valence-corrected chi connectivity index (χ2v) is 6.32. The topological polar surface area (TPSA) is 63.4 Å². The lowest BCUT2D eigenvalue weighted by atomic mass is 10.3. The van der Waals surface area contributed by atoms with Gasteiger partial charge in [0, 0.05) is 11.6 Å². The molecule has 0 saturated carbocycles. The van der Waals surface area contributed by atoms with Crippen molar-refractivity contribution in [3.63, 3.8) is 0 Å². The number of rotatable bonds is 4. The molecule has 0 aromatic heterocycles. The molecule has 1 aromatic carbocycles. The van der Waals surface area contributed by atoms with Gasteiger partial charge in [0.25, 0.3) is 0 Å². The summed E-state index contributed by atoms with van der Waals surface area (Å²) in [5.74, 6) is 0.0475. The highest BCUT2D eigenvalue weighted by Crippen LogP contribution is 2.23. The summed E-state index contributed by atoms with van der Waals surface area (Å²) in [6.45, 7) is 0.463. The molecule has 0 aliphatic heterocycles. The van der Waals surface area contributed by atoms with Crippen molar-refractivity contribution < 1.29 is 8.42 Å². The number of sulfone groups is 1. The Hall–Kier alpha value is -0.780. The summed E-state index contributed by atoms with van der Waals surface area (Å²) in [7, 11) is 0.312. The van der Waals surface area contributed by atoms with E-state index in [0.29, 0.717) is 11.6 Å². The first kappa shape index (κ1) is 13.3. The highest BCUT2D eigenvalue weighted by atomic mass is 35.5. The van der Waals surface area contributed by atoms with Crippen LogP contribution in [0.15, 0.2) is 23.1 Å². The highest BCUT2D eigenvalue weighted by Gasteiger charge is 2.17. The molecular weight excluding hydrogens is 248 g/mol. The molecule has 2 N–H and O–H groups in total. The maximum atomic E-state index is 11.9. The van der Waals surface area contributed by atoms with E-state index in [2.05, 4.69) is 0 Å². The standard InChI is InChI=1S/C10H15ClN2O2S/c1-13(2)5-6-16(14,15)10-4-3-8(11)7-9(10)12/h3-4,7H,5-6,12H2,1-2H3. The van der Waals surface area contributed by atoms with E-state index in [0.717, 1.165) is 0 Å². The molecule has 0 heterocycles. The van der Waals surface area contributed by atoms with Gasteiger partial charge in [0.15, 0.2) is 9.84 Å². The van der Waals surface area contributed by atoms with Crippen LogP contribution in [0.25, 0.3) is 0 Å². The summed E-state index contributed by atoms with van der Waals surface area (Å²) in [5.41, 5.74) is 5.84. The zero-order valence-electron chi connectivity index (χ0n) is 9.27. The molecule has 0 atom stereocenters. The number of hydrogen-bond donors (Lipinski definition) is 1. The average Bonchev–Trinajstić information content (AvgIpc) is 2.14. The Balaban J connectivity index is 2.99. The minimum atomic E-state index is -3.33. The first-order valence-electron chi connectivity index (χ1n) is 4.75. The van der Waals surface area contributed by atoms with Gasteiger partial charge in [0.2, 0.25) is 0 Å². The lowest BCUT2D eigenvalue weighted by Crippen LogP contribution is -2.22. The van der Waals surface area contributed by atoms with Gasteiger partial charge >= 0.3 is 0 Å². The van der Waals surface area contributed by atoms with E-state index in [4.69, 9.17) is 17.3 Å². The number of hydrogen-bond acceptors (Lipinski definition) is 4. The van der Waals surface area contributed by atoms with Crippen molar-refractivity contribution in [3.8, 4) is 0 Å². The van der Waals surface area contributed by atoms with Gasteiger partial charge in [-0.1, -0.05) is 11.6 Å². The molecule has 0 fully saturated rings. The molecule has 0 aliphatic carbocycles. The third-order valence-electron chi connectivity index (χ3n) is 2.11. The van der Waals surface area contributed by atoms with E-state index >= 15 is 0 Å². The van der Waals surface area contributed by atoms with E-state index in [1.165, 1.54) is 18.2 Å². The van der Waals surface area contributed by atoms with Gasteiger partial charge in [0.05, 0.1) is 16.3 Å². The first-order valence-corrected chi connectivity index (χ1v) is 6.78. The number of anilines is 1. The van der Waals surface area contributed by atoms with Gasteiger partial charge in [-0.15, -0.1) is 0 Å². The summed E-state index contributed by atoms with van der Waals surface area (Å²) in [5, 5.41) is 0.434. The summed E-state index contributed by atoms with van der Waals surface area (Å²) in [6, 6.07) is 4.42. The van der Waals surface area contributed by atoms with Crippen LogP contribution in [0.3, 0.4) is 0 Å². The van der Waals surface area contributed by atoms with Gasteiger partial charge in [0.1, 0.15) is 0 Å². The largest absolute Gasteiger partial charge is 0.398 e. The molecule has 1 rings (SSSR count). The van der Waals surface area contributed by atoms with Crippen LogP contribution in [0, 0.1) is 0 Å². The normalized spacial score (nSPS) is 12.0. The molecule has 16 heavy (non-hydrogen) atoms. The van der Waals surface area contributed by atoms with Crippen molar-refractivity contribution in [1.29, 1.82) is 0 Å². The van der Waals surface area contributed by atoms with Crippen molar-refractivity contribution in [2.45, 2.75) is 4.90 Å². The second-order valence-electron chi connectivity index (χ2n) is 3.80. The SMILES string of the molecule is CN(C)CCS(=O)(=O)c1ccc(Cl)cc1N. The Bertz CT molecular complexity index is 472. The third kappa shape index (κ3) is 3.37. The molecule has 0 amide bonds. The predicted octanol–water partition coefficient (Wildman–Crippen LogP) is 1.26. The van der Waals surface area contributed by atoms with Crippen molar-refractivity contribution in [2.75, 3.05) is 32.1 Å². The quantitative estimate of drug-likeness (QED) is 0.830. The average molecular weight is 263 g/mol. The van der Waals surface area contributed by atoms with Crippen LogP contribution in [-0.2, 0) is 9.84 Å². The first-order chi connectivity index (χ1) is 7.33. The van der Waals surface area contributed by atoms with E-state index in [1.807, 2.05) is 19.0 Å². The molecule has 4 nitrogen and oxygen atoms in total. The molecule has 0 bridgehead atoms. The molecule has 0 aliphatic rings. The molecule has 0 saturated heterocycles. The van der Waals surface area contributed by atoms with E-state index < -0.39 is 9.84 Å². The maximum Gasteiger partial charge on any atom is 0.181 e. The Morgan fingerprint density at radius 3 is 2.50 bits per heavy atom. The predicted molar refractivity (Wildman–Crippen MR) is 66.5 cm³/mol. The van der Waals surface area contributed by atoms with E-state index in [9.17, 15) is 8.42 Å². The summed E-state index contributed by atoms with van der Waals surface area (Å²) in [4.78, 5) is 1.96. The van der Waals surface area contributed by atoms with Crippen molar-refractivity contribution >= 4 is 27.1 Å². The summed E-state index contributed by atoms with van der Waals surface area (Å²) in [6.07, 6.45) is 0. The van der Waals surface area contributed by atoms with E-state index in [-0.39, 0.29) is 16.3 Å². The van der Waals surface area contributed by atoms with Crippen LogP contribution < -0.4 is 5.73 Å². The molecule has 0 unspecified atom stereocenters. The fraction of sp³-hybridized carbons (Fsp3) is 0.400. The van der Waals surface area contributed by atoms with Crippen molar-refractivity contribution in [2.24, 2.45) is 0 Å². The lowest BCUT2D eigenvalue weighted by Gasteiger charge is -2.11. The molecular formula is C10H15ClN2O2S. The summed E-state index contributed by atoms with van der Waals surface area (Å²) >= 11 is 5.71. The number of benzene rings is 1. The van der Waals surface area contributed by atoms with Crippen LogP contribution in [0.5, 0.6) is 0 Å². The monoisotopic (exact) mass is 262 g/mol. The van der Waals surface area contributed by atoms with Crippen LogP contribution in [0.4, 0.5) is 5.69 Å². The third-order valence-corrected chi connectivity index (χ3v) is 4.11. The smallest absolute Gasteiger partial charge is 0.181 e. The lowest BCUT2D eigenvalue weighted by molar-refractivity contribution is 0.432. The zero-order chi connectivity index (χ0) is 12.3. The minimum Gasteiger partial charge on any atom is -0.398 e. The molecule has 0 radical (unpaired) electrons. The molecule has 1 aromatic rings. The Kier molecular flexibility index (Phi) is 4.18. The van der Waals surface area contributed by atoms with Gasteiger partial charge in [-0.25, -0.2) is 8.42 Å². The van der Waals surface area contributed by atoms with Gasteiger partial charge in [-0.3, -0.25) is 0 Å². The Morgan fingerprint density at radius 1 is 1.38 bits per heavy atom. The minimum absolute atomic E-state index is 0.0475. The molecule has 6 heteroatoms. The zero-order valence-corrected chi connectivity index (χ0v) is 10.8. The van der Waals surface area contributed by atoms with Crippen LogP contribution >= 0.6 is 11.6 Å². The van der Waals surface area contributed by atoms with Gasteiger partial charge in [-0.05, 0) is 32.3 Å². The van der Waals surface area contributed by atoms with Crippen LogP contribution in [0.1, 0.15) is 0 Å². The van der Waals surface area contributed by atoms with Crippen LogP contribution in [0.2, 0.25) is 5.02 Å². The molecule has 90 valence electrons. The fourth-order valence-electron chi connectivity index (χ4n) is 1.22. The van der Waals surface area contributed by atoms with Gasteiger partial charge < -0.3 is 10.6 Å². The van der Waals surface area contributed by atoms with Gasteiger partial charge in [-0.2, -0.15) is 0 Å². The molecule has 0 spiro atoms. The number of halogens is 1. The van der Waals surface area contributed by atoms with Crippen molar-refractivity contribution in [1.82, 2.24) is 4.90 Å². The second kappa shape index (κ2) is 5.03. The van der Waals surface area contributed by atoms with E-state index in [1.54, 1.807) is 0 Å². The van der Waals surface area contributed by atoms with Crippen molar-refractivity contribution in [3.05, 3.63) is 23.2 Å². The Morgan fingerprint density at radius 2 is 2.00 bits per heavy atom. The number of nitrogen functional groups attached to an aromatic ring is 1. The highest BCUT2D eigenvalue weighted by molar-refractivity contribution is 7.91. The fourth-order valence-corrected chi connectivity index (χ4v) is 2.91. The number of nitrogens with two attached hydrogens (primary N) is 1. The van der Waals surface area contributed by atoms with Crippen LogP contribution in [-0.4, -0.2) is 39.7 Å². The number of nitrogens with zero attached hydrogens (tertiary/aromatic N) is 1. The Labute approximate surface area is 101 Å².